The highest BCUT2D eigenvalue weighted by Gasteiger charge is 2.13. The average Bonchev–Trinajstić information content (AvgIpc) is 2.84. The van der Waals surface area contributed by atoms with Crippen LogP contribution in [0.1, 0.15) is 149 Å². The molecule has 202 valence electrons. The molecule has 4 heteroatoms. The lowest BCUT2D eigenvalue weighted by Crippen LogP contribution is -2.27. The molecule has 0 rings (SSSR count). The Hall–Kier alpha value is -0.870. The summed E-state index contributed by atoms with van der Waals surface area (Å²) in [5, 5.41) is 9.46. The van der Waals surface area contributed by atoms with Crippen LogP contribution in [0.5, 0.6) is 0 Å². The summed E-state index contributed by atoms with van der Waals surface area (Å²) >= 11 is 0. The van der Waals surface area contributed by atoms with Crippen molar-refractivity contribution in [2.45, 2.75) is 155 Å². The van der Waals surface area contributed by atoms with Crippen molar-refractivity contribution in [2.24, 2.45) is 0 Å². The quantitative estimate of drug-likeness (QED) is 0.0722. The third-order valence-corrected chi connectivity index (χ3v) is 6.32. The van der Waals surface area contributed by atoms with Gasteiger partial charge in [-0.2, -0.15) is 0 Å². The van der Waals surface area contributed by atoms with E-state index in [9.17, 15) is 9.90 Å². The lowest BCUT2D eigenvalue weighted by molar-refractivity contribution is -0.154. The van der Waals surface area contributed by atoms with Crippen LogP contribution in [0.15, 0.2) is 12.2 Å². The zero-order valence-corrected chi connectivity index (χ0v) is 22.9. The van der Waals surface area contributed by atoms with Crippen molar-refractivity contribution >= 4 is 5.97 Å². The lowest BCUT2D eigenvalue weighted by atomic mass is 10.1. The molecule has 0 heterocycles. The summed E-state index contributed by atoms with van der Waals surface area (Å²) in [4.78, 5) is 12.0. The van der Waals surface area contributed by atoms with E-state index in [-0.39, 0.29) is 12.6 Å². The third-order valence-electron chi connectivity index (χ3n) is 6.32. The highest BCUT2D eigenvalue weighted by Crippen LogP contribution is 2.13. The molecule has 0 saturated carbocycles. The zero-order chi connectivity index (χ0) is 25.0. The number of esters is 1. The Bertz CT molecular complexity index is 436. The molecule has 0 aliphatic heterocycles. The van der Waals surface area contributed by atoms with Gasteiger partial charge in [0.1, 0.15) is 6.10 Å². The summed E-state index contributed by atoms with van der Waals surface area (Å²) in [6.07, 6.45) is 29.4. The molecule has 1 atom stereocenters. The van der Waals surface area contributed by atoms with E-state index >= 15 is 0 Å². The van der Waals surface area contributed by atoms with Gasteiger partial charge in [0.25, 0.3) is 0 Å². The second-order valence-electron chi connectivity index (χ2n) is 9.82. The van der Waals surface area contributed by atoms with Crippen molar-refractivity contribution in [3.05, 3.63) is 12.2 Å². The number of unbranched alkanes of at least 4 members (excludes halogenated alkanes) is 17. The average molecular weight is 483 g/mol. The molecule has 4 nitrogen and oxygen atoms in total. The van der Waals surface area contributed by atoms with E-state index in [0.717, 1.165) is 19.3 Å². The van der Waals surface area contributed by atoms with Crippen LogP contribution in [0, 0.1) is 0 Å². The Labute approximate surface area is 212 Å². The zero-order valence-electron chi connectivity index (χ0n) is 22.9. The van der Waals surface area contributed by atoms with Crippen molar-refractivity contribution in [3.8, 4) is 0 Å². The SMILES string of the molecule is CCC/C=C\CCCCCCCCOCC(CO)OC(=O)CCCCCCCCCCCCC. The Morgan fingerprint density at radius 3 is 1.79 bits per heavy atom. The number of ether oxygens (including phenoxy) is 2. The minimum absolute atomic E-state index is 0.170. The Kier molecular flexibility index (Phi) is 27.6. The van der Waals surface area contributed by atoms with Gasteiger partial charge in [0.15, 0.2) is 0 Å². The van der Waals surface area contributed by atoms with E-state index in [1.807, 2.05) is 0 Å². The third kappa shape index (κ3) is 25.7. The summed E-state index contributed by atoms with van der Waals surface area (Å²) in [6.45, 7) is 5.27. The highest BCUT2D eigenvalue weighted by atomic mass is 16.6. The number of hydrogen-bond acceptors (Lipinski definition) is 4. The van der Waals surface area contributed by atoms with Gasteiger partial charge in [-0.15, -0.1) is 0 Å². The monoisotopic (exact) mass is 482 g/mol. The summed E-state index contributed by atoms with van der Waals surface area (Å²) in [6, 6.07) is 0. The van der Waals surface area contributed by atoms with Gasteiger partial charge in [-0.3, -0.25) is 4.79 Å². The normalized spacial score (nSPS) is 12.4. The number of rotatable bonds is 27. The molecular formula is C30H58O4. The van der Waals surface area contributed by atoms with Gasteiger partial charge in [-0.05, 0) is 32.1 Å². The van der Waals surface area contributed by atoms with Crippen molar-refractivity contribution in [3.63, 3.8) is 0 Å². The van der Waals surface area contributed by atoms with E-state index in [1.165, 1.54) is 109 Å². The van der Waals surface area contributed by atoms with E-state index < -0.39 is 6.10 Å². The molecule has 0 aromatic heterocycles. The molecule has 0 fully saturated rings. The number of carbonyl (C=O) groups excluding carboxylic acids is 1. The van der Waals surface area contributed by atoms with Crippen molar-refractivity contribution in [1.82, 2.24) is 0 Å². The van der Waals surface area contributed by atoms with Crippen molar-refractivity contribution < 1.29 is 19.4 Å². The smallest absolute Gasteiger partial charge is 0.306 e. The van der Waals surface area contributed by atoms with Crippen LogP contribution in [0.3, 0.4) is 0 Å². The van der Waals surface area contributed by atoms with Crippen LogP contribution in [0.25, 0.3) is 0 Å². The summed E-state index contributed by atoms with van der Waals surface area (Å²) in [7, 11) is 0. The number of hydrogen-bond donors (Lipinski definition) is 1. The summed E-state index contributed by atoms with van der Waals surface area (Å²) in [5.41, 5.74) is 0. The molecule has 0 amide bonds. The molecule has 0 aliphatic carbocycles. The number of carbonyl (C=O) groups is 1. The van der Waals surface area contributed by atoms with Gasteiger partial charge in [-0.1, -0.05) is 122 Å². The van der Waals surface area contributed by atoms with Gasteiger partial charge >= 0.3 is 5.97 Å². The van der Waals surface area contributed by atoms with Crippen molar-refractivity contribution in [2.75, 3.05) is 19.8 Å². The van der Waals surface area contributed by atoms with Crippen LogP contribution in [0.4, 0.5) is 0 Å². The largest absolute Gasteiger partial charge is 0.457 e. The molecule has 0 bridgehead atoms. The predicted octanol–water partition coefficient (Wildman–Crippen LogP) is 8.70. The van der Waals surface area contributed by atoms with E-state index in [2.05, 4.69) is 26.0 Å². The Morgan fingerprint density at radius 1 is 0.676 bits per heavy atom. The summed E-state index contributed by atoms with van der Waals surface area (Å²) in [5.74, 6) is -0.205. The molecule has 0 saturated heterocycles. The summed E-state index contributed by atoms with van der Waals surface area (Å²) < 4.78 is 11.0. The van der Waals surface area contributed by atoms with E-state index in [0.29, 0.717) is 19.6 Å². The van der Waals surface area contributed by atoms with Crippen LogP contribution in [-0.2, 0) is 14.3 Å². The number of aliphatic hydroxyl groups is 1. The molecule has 1 N–H and O–H groups in total. The van der Waals surface area contributed by atoms with Crippen LogP contribution >= 0.6 is 0 Å². The second kappa shape index (κ2) is 28.4. The lowest BCUT2D eigenvalue weighted by Gasteiger charge is -2.15. The molecule has 34 heavy (non-hydrogen) atoms. The minimum Gasteiger partial charge on any atom is -0.457 e. The van der Waals surface area contributed by atoms with E-state index in [1.54, 1.807) is 0 Å². The predicted molar refractivity (Wildman–Crippen MR) is 145 cm³/mol. The van der Waals surface area contributed by atoms with Gasteiger partial charge in [0, 0.05) is 13.0 Å². The fourth-order valence-corrected chi connectivity index (χ4v) is 4.09. The maximum atomic E-state index is 12.0. The van der Waals surface area contributed by atoms with Crippen molar-refractivity contribution in [1.29, 1.82) is 0 Å². The first-order chi connectivity index (χ1) is 16.7. The minimum atomic E-state index is -0.527. The Morgan fingerprint density at radius 2 is 1.21 bits per heavy atom. The molecule has 0 aromatic rings. The maximum Gasteiger partial charge on any atom is 0.306 e. The number of aliphatic hydroxyl groups excluding tert-OH is 1. The van der Waals surface area contributed by atoms with Gasteiger partial charge in [0.05, 0.1) is 13.2 Å². The van der Waals surface area contributed by atoms with Gasteiger partial charge < -0.3 is 14.6 Å². The first-order valence-electron chi connectivity index (χ1n) is 14.8. The fraction of sp³-hybridized carbons (Fsp3) is 0.900. The Balaban J connectivity index is 3.45. The van der Waals surface area contributed by atoms with Crippen LogP contribution < -0.4 is 0 Å². The first kappa shape index (κ1) is 33.1. The fourth-order valence-electron chi connectivity index (χ4n) is 4.09. The first-order valence-corrected chi connectivity index (χ1v) is 14.8. The molecule has 0 radical (unpaired) electrons. The molecule has 0 spiro atoms. The van der Waals surface area contributed by atoms with Crippen LogP contribution in [0.2, 0.25) is 0 Å². The van der Waals surface area contributed by atoms with Crippen LogP contribution in [-0.4, -0.2) is 37.0 Å². The van der Waals surface area contributed by atoms with Gasteiger partial charge in [-0.25, -0.2) is 0 Å². The highest BCUT2D eigenvalue weighted by molar-refractivity contribution is 5.69. The molecule has 1 unspecified atom stereocenters. The molecular weight excluding hydrogens is 424 g/mol. The molecule has 0 aliphatic rings. The topological polar surface area (TPSA) is 55.8 Å². The second-order valence-corrected chi connectivity index (χ2v) is 9.82. The van der Waals surface area contributed by atoms with Gasteiger partial charge in [0.2, 0.25) is 0 Å². The number of allylic oxidation sites excluding steroid dienone is 2. The molecule has 0 aromatic carbocycles. The van der Waals surface area contributed by atoms with E-state index in [4.69, 9.17) is 9.47 Å². The standard InChI is InChI=1S/C30H58O4/c1-3-5-7-9-11-13-15-17-19-21-23-25-30(32)34-29(27-31)28-33-26-24-22-20-18-16-14-12-10-8-6-4-2/h8,10,29,31H,3-7,9,11-28H2,1-2H3/b10-8-. The maximum absolute atomic E-state index is 12.0.